The van der Waals surface area contributed by atoms with E-state index in [9.17, 15) is 9.59 Å². The van der Waals surface area contributed by atoms with Crippen molar-refractivity contribution in [2.45, 2.75) is 32.7 Å². The number of unbranched alkanes of at least 4 members (excludes halogenated alkanes) is 1. The van der Waals surface area contributed by atoms with Gasteiger partial charge in [-0.2, -0.15) is 10.1 Å². The summed E-state index contributed by atoms with van der Waals surface area (Å²) in [5.41, 5.74) is 3.12. The van der Waals surface area contributed by atoms with E-state index in [0.717, 1.165) is 53.4 Å². The average Bonchev–Trinajstić information content (AvgIpc) is 3.29. The Bertz CT molecular complexity index is 1710. The Hall–Kier alpha value is -3.43. The number of amides is 2. The molecule has 3 heterocycles. The first-order valence-corrected chi connectivity index (χ1v) is 15.0. The molecular weight excluding hydrogens is 597 g/mol. The highest BCUT2D eigenvalue weighted by Gasteiger charge is 2.34. The van der Waals surface area contributed by atoms with Crippen LogP contribution in [0.5, 0.6) is 0 Å². The molecule has 0 saturated carbocycles. The van der Waals surface area contributed by atoms with Crippen molar-refractivity contribution in [1.82, 2.24) is 14.6 Å². The molecule has 1 saturated heterocycles. The number of benzene rings is 3. The summed E-state index contributed by atoms with van der Waals surface area (Å²) in [6, 6.07) is 14.5. The van der Waals surface area contributed by atoms with Gasteiger partial charge < -0.3 is 14.2 Å². The Kier molecular flexibility index (Phi) is 8.23. The molecule has 2 amide bonds. The summed E-state index contributed by atoms with van der Waals surface area (Å²) in [4.78, 5) is 34.2. The number of hydrazone groups is 1. The number of halogens is 3. The maximum atomic E-state index is 13.7. The van der Waals surface area contributed by atoms with Crippen molar-refractivity contribution in [1.29, 1.82) is 0 Å². The number of carbonyl (C=O) groups is 2. The molecule has 11 heteroatoms. The molecule has 1 fully saturated rings. The van der Waals surface area contributed by atoms with Crippen LogP contribution in [0.25, 0.3) is 10.8 Å². The number of anilines is 1. The van der Waals surface area contributed by atoms with Gasteiger partial charge in [-0.15, -0.1) is 0 Å². The number of hydrogen-bond acceptors (Lipinski definition) is 6. The Morgan fingerprint density at radius 1 is 1.00 bits per heavy atom. The van der Waals surface area contributed by atoms with Crippen LogP contribution in [-0.4, -0.2) is 58.9 Å². The second-order valence-electron chi connectivity index (χ2n) is 10.3. The first kappa shape index (κ1) is 28.7. The predicted molar refractivity (Wildman–Crippen MR) is 166 cm³/mol. The van der Waals surface area contributed by atoms with Crippen LogP contribution in [0.3, 0.4) is 0 Å². The molecule has 0 N–H and O–H groups in total. The number of hydrogen-bond donors (Lipinski definition) is 0. The third-order valence-electron chi connectivity index (χ3n) is 7.65. The first-order chi connectivity index (χ1) is 20.4. The minimum Gasteiger partial charge on any atom is -0.378 e. The monoisotopic (exact) mass is 623 g/mol. The smallest absolute Gasteiger partial charge is 0.282 e. The molecule has 42 heavy (non-hydrogen) atoms. The van der Waals surface area contributed by atoms with Gasteiger partial charge in [-0.1, -0.05) is 66.3 Å². The fraction of sp³-hybridized carbons (Fsp3) is 0.290. The Morgan fingerprint density at radius 3 is 2.50 bits per heavy atom. The molecule has 216 valence electrons. The molecule has 0 radical (unpaired) electrons. The van der Waals surface area contributed by atoms with Gasteiger partial charge in [-0.25, -0.2) is 4.98 Å². The van der Waals surface area contributed by atoms with Gasteiger partial charge in [0.05, 0.1) is 37.1 Å². The molecule has 8 nitrogen and oxygen atoms in total. The molecule has 1 aromatic heterocycles. The van der Waals surface area contributed by atoms with Crippen molar-refractivity contribution >= 4 is 69.3 Å². The van der Waals surface area contributed by atoms with E-state index in [0.29, 0.717) is 58.4 Å². The zero-order valence-corrected chi connectivity index (χ0v) is 25.2. The topological polar surface area (TPSA) is 80.0 Å². The number of aromatic nitrogens is 2. The van der Waals surface area contributed by atoms with Crippen LogP contribution in [0, 0.1) is 0 Å². The largest absolute Gasteiger partial charge is 0.378 e. The van der Waals surface area contributed by atoms with Gasteiger partial charge in [0.2, 0.25) is 0 Å². The Morgan fingerprint density at radius 2 is 1.76 bits per heavy atom. The van der Waals surface area contributed by atoms with Crippen molar-refractivity contribution in [3.63, 3.8) is 0 Å². The van der Waals surface area contributed by atoms with E-state index < -0.39 is 11.8 Å². The van der Waals surface area contributed by atoms with E-state index in [4.69, 9.17) is 39.5 Å². The fourth-order valence-electron chi connectivity index (χ4n) is 5.49. The van der Waals surface area contributed by atoms with Crippen LogP contribution in [-0.2, 0) is 17.7 Å². The van der Waals surface area contributed by atoms with Crippen LogP contribution in [0.2, 0.25) is 15.2 Å². The van der Waals surface area contributed by atoms with Crippen molar-refractivity contribution in [3.8, 4) is 0 Å². The molecule has 0 atom stereocenters. The number of morpholine rings is 1. The van der Waals surface area contributed by atoms with Gasteiger partial charge in [0.15, 0.2) is 5.15 Å². The van der Waals surface area contributed by atoms with Crippen LogP contribution in [0.15, 0.2) is 53.6 Å². The Balaban J connectivity index is 1.37. The molecule has 2 aliphatic heterocycles. The quantitative estimate of drug-likeness (QED) is 0.158. The van der Waals surface area contributed by atoms with Gasteiger partial charge in [-0.05, 0) is 42.3 Å². The molecular formula is C31H28Cl3N5O3. The van der Waals surface area contributed by atoms with Crippen LogP contribution < -0.4 is 4.90 Å². The summed E-state index contributed by atoms with van der Waals surface area (Å²) in [6.45, 7) is 5.22. The standard InChI is InChI=1S/C31H28Cl3N5O3/c1-2-3-7-27-36-29(34)26(38(27)18-19-8-9-20(32)16-24(19)33)17-35-39-30(40)22-6-4-5-21-25(37-12-14-42-15-13-37)11-10-23(28(21)22)31(39)41/h4-6,8-11,16-17H,2-3,7,12-15,18H2,1H3/b35-17+. The minimum absolute atomic E-state index is 0.226. The lowest BCUT2D eigenvalue weighted by Gasteiger charge is -2.31. The number of carbonyl (C=O) groups excluding carboxylic acids is 2. The highest BCUT2D eigenvalue weighted by Crippen LogP contribution is 2.36. The minimum atomic E-state index is -0.498. The molecule has 0 spiro atoms. The van der Waals surface area contributed by atoms with E-state index in [-0.39, 0.29) is 5.15 Å². The van der Waals surface area contributed by atoms with E-state index in [1.165, 1.54) is 6.21 Å². The molecule has 0 aliphatic carbocycles. The number of ether oxygens (including phenoxy) is 1. The summed E-state index contributed by atoms with van der Waals surface area (Å²) in [5.74, 6) is -0.235. The van der Waals surface area contributed by atoms with E-state index in [1.807, 2.05) is 28.8 Å². The molecule has 3 aromatic carbocycles. The van der Waals surface area contributed by atoms with E-state index >= 15 is 0 Å². The normalized spacial score (nSPS) is 15.4. The Labute approximate surface area is 258 Å². The maximum Gasteiger partial charge on any atom is 0.282 e. The lowest BCUT2D eigenvalue weighted by atomic mass is 9.93. The fourth-order valence-corrected chi connectivity index (χ4v) is 6.21. The summed E-state index contributed by atoms with van der Waals surface area (Å²) in [5, 5.41) is 8.07. The van der Waals surface area contributed by atoms with E-state index in [2.05, 4.69) is 21.9 Å². The number of rotatable bonds is 8. The molecule has 4 aromatic rings. The molecule has 6 rings (SSSR count). The van der Waals surface area contributed by atoms with Crippen molar-refractivity contribution in [3.05, 3.63) is 91.9 Å². The molecule has 0 bridgehead atoms. The zero-order chi connectivity index (χ0) is 29.4. The summed E-state index contributed by atoms with van der Waals surface area (Å²) in [6.07, 6.45) is 4.01. The SMILES string of the molecule is CCCCc1nc(Cl)c(/C=N/N2C(=O)c3cccc4c(N5CCOCC5)ccc(c34)C2=O)n1Cc1ccc(Cl)cc1Cl. The van der Waals surface area contributed by atoms with E-state index in [1.54, 1.807) is 24.3 Å². The van der Waals surface area contributed by atoms with Crippen LogP contribution in [0.4, 0.5) is 5.69 Å². The van der Waals surface area contributed by atoms with Gasteiger partial charge in [-0.3, -0.25) is 9.59 Å². The summed E-state index contributed by atoms with van der Waals surface area (Å²) >= 11 is 19.2. The number of nitrogens with zero attached hydrogens (tertiary/aromatic N) is 5. The predicted octanol–water partition coefficient (Wildman–Crippen LogP) is 6.85. The third kappa shape index (κ3) is 5.28. The summed E-state index contributed by atoms with van der Waals surface area (Å²) in [7, 11) is 0. The van der Waals surface area contributed by atoms with Crippen molar-refractivity contribution in [2.75, 3.05) is 31.2 Å². The number of imide groups is 1. The van der Waals surface area contributed by atoms with Crippen molar-refractivity contribution < 1.29 is 14.3 Å². The second-order valence-corrected chi connectivity index (χ2v) is 11.5. The van der Waals surface area contributed by atoms with Gasteiger partial charge in [0, 0.05) is 46.0 Å². The van der Waals surface area contributed by atoms with Crippen LogP contribution >= 0.6 is 34.8 Å². The average molecular weight is 625 g/mol. The molecule has 2 aliphatic rings. The third-order valence-corrected chi connectivity index (χ3v) is 8.51. The molecule has 0 unspecified atom stereocenters. The second kappa shape index (κ2) is 12.1. The van der Waals surface area contributed by atoms with Gasteiger partial charge >= 0.3 is 0 Å². The number of aryl methyl sites for hydroxylation is 1. The van der Waals surface area contributed by atoms with Crippen LogP contribution in [0.1, 0.15) is 57.6 Å². The zero-order valence-electron chi connectivity index (χ0n) is 22.9. The number of imidazole rings is 1. The first-order valence-electron chi connectivity index (χ1n) is 13.9. The van der Waals surface area contributed by atoms with Gasteiger partial charge in [0.25, 0.3) is 11.8 Å². The highest BCUT2D eigenvalue weighted by atomic mass is 35.5. The summed E-state index contributed by atoms with van der Waals surface area (Å²) < 4.78 is 7.42. The lowest BCUT2D eigenvalue weighted by Crippen LogP contribution is -2.38. The van der Waals surface area contributed by atoms with Crippen molar-refractivity contribution in [2.24, 2.45) is 5.10 Å². The maximum absolute atomic E-state index is 13.7. The lowest BCUT2D eigenvalue weighted by molar-refractivity contribution is 0.0616. The highest BCUT2D eigenvalue weighted by molar-refractivity contribution is 6.35. The van der Waals surface area contributed by atoms with Gasteiger partial charge in [0.1, 0.15) is 11.5 Å².